The molecular weight excluding hydrogens is 143 g/mol. The van der Waals surface area contributed by atoms with Crippen molar-refractivity contribution in [3.05, 3.63) is 11.2 Å². The molecule has 0 N–H and O–H groups in total. The van der Waals surface area contributed by atoms with Gasteiger partial charge in [-0.25, -0.2) is 0 Å². The highest BCUT2D eigenvalue weighted by molar-refractivity contribution is 8.52. The summed E-state index contributed by atoms with van der Waals surface area (Å²) in [5, 5.41) is 1.58. The predicted octanol–water partition coefficient (Wildman–Crippen LogP) is 1.61. The molecule has 0 aromatic carbocycles. The monoisotopic (exact) mass is 146 g/mol. The van der Waals surface area contributed by atoms with Gasteiger partial charge >= 0.3 is 0 Å². The molecule has 0 amide bonds. The Kier molecular flexibility index (Phi) is 1.67. The summed E-state index contributed by atoms with van der Waals surface area (Å²) in [6.45, 7) is 0. The first kappa shape index (κ1) is 5.81. The van der Waals surface area contributed by atoms with Crippen molar-refractivity contribution >= 4 is 18.6 Å². The summed E-state index contributed by atoms with van der Waals surface area (Å²) in [5.41, 5.74) is 0. The van der Waals surface area contributed by atoms with Gasteiger partial charge in [0.05, 0.1) is 0 Å². The third kappa shape index (κ3) is 1.09. The largest absolute Gasteiger partial charge is 0.428 e. The van der Waals surface area contributed by atoms with Crippen molar-refractivity contribution in [2.24, 2.45) is 0 Å². The van der Waals surface area contributed by atoms with Crippen LogP contribution in [0.4, 0.5) is 0 Å². The third-order valence-corrected chi connectivity index (χ3v) is 2.69. The van der Waals surface area contributed by atoms with E-state index in [4.69, 9.17) is 6.42 Å². The van der Waals surface area contributed by atoms with Crippen molar-refractivity contribution < 1.29 is 9.09 Å². The lowest BCUT2D eigenvalue weighted by Crippen LogP contribution is -1.67. The fraction of sp³-hybridized carbons (Fsp3) is 0. The van der Waals surface area contributed by atoms with Crippen LogP contribution in [0.25, 0.3) is 0 Å². The van der Waals surface area contributed by atoms with Crippen LogP contribution in [-0.2, 0) is 9.09 Å². The first-order valence-corrected chi connectivity index (χ1v) is 4.80. The summed E-state index contributed by atoms with van der Waals surface area (Å²) >= 11 is 1.15. The van der Waals surface area contributed by atoms with Crippen LogP contribution in [0.5, 0.6) is 0 Å². The van der Waals surface area contributed by atoms with E-state index in [1.54, 1.807) is 5.41 Å². The van der Waals surface area contributed by atoms with Crippen molar-refractivity contribution in [1.82, 2.24) is 0 Å². The van der Waals surface area contributed by atoms with Crippen LogP contribution >= 0.6 is 18.6 Å². The molecule has 4 heteroatoms. The number of rotatable bonds is 0. The van der Waals surface area contributed by atoms with E-state index in [0.717, 1.165) is 11.4 Å². The maximum Gasteiger partial charge on any atom is 0.296 e. The summed E-state index contributed by atoms with van der Waals surface area (Å²) in [7, 11) is -1.89. The minimum atomic E-state index is -1.89. The second-order valence-corrected chi connectivity index (χ2v) is 3.98. The van der Waals surface area contributed by atoms with Crippen molar-refractivity contribution in [2.45, 2.75) is 0 Å². The maximum atomic E-state index is 10.4. The summed E-state index contributed by atoms with van der Waals surface area (Å²) < 4.78 is 15.0. The van der Waals surface area contributed by atoms with E-state index in [2.05, 4.69) is 10.4 Å². The zero-order valence-corrected chi connectivity index (χ0v) is 5.70. The van der Waals surface area contributed by atoms with Gasteiger partial charge in [-0.2, -0.15) is 0 Å². The number of hydrogen-bond donors (Lipinski definition) is 0. The molecule has 1 rings (SSSR count). The third-order valence-electron chi connectivity index (χ3n) is 0.598. The van der Waals surface area contributed by atoms with Crippen LogP contribution in [-0.4, -0.2) is 0 Å². The molecular formula is C4H3O2PS. The minimum Gasteiger partial charge on any atom is -0.428 e. The molecule has 0 fully saturated rings. The molecule has 0 bridgehead atoms. The molecule has 0 saturated heterocycles. The highest BCUT2D eigenvalue weighted by Crippen LogP contribution is 2.48. The first-order valence-electron chi connectivity index (χ1n) is 1.88. The van der Waals surface area contributed by atoms with Crippen LogP contribution in [0.3, 0.4) is 0 Å². The Bertz CT molecular complexity index is 191. The molecule has 8 heavy (non-hydrogen) atoms. The molecule has 1 aliphatic rings. The van der Waals surface area contributed by atoms with E-state index in [9.17, 15) is 4.57 Å². The smallest absolute Gasteiger partial charge is 0.296 e. The van der Waals surface area contributed by atoms with Gasteiger partial charge in [0.15, 0.2) is 5.76 Å². The van der Waals surface area contributed by atoms with Gasteiger partial charge in [0.25, 0.3) is 7.23 Å². The Morgan fingerprint density at radius 1 is 2.00 bits per heavy atom. The quantitative estimate of drug-likeness (QED) is 0.383. The standard InChI is InChI=1S/C4H3O2PS/c1-2-4-3-8-7(5)6-4/h1,3,7H. The van der Waals surface area contributed by atoms with Gasteiger partial charge in [0.1, 0.15) is 0 Å². The summed E-state index contributed by atoms with van der Waals surface area (Å²) in [5.74, 6) is 2.63. The highest BCUT2D eigenvalue weighted by Gasteiger charge is 2.08. The lowest BCUT2D eigenvalue weighted by atomic mass is 10.6. The van der Waals surface area contributed by atoms with E-state index >= 15 is 0 Å². The van der Waals surface area contributed by atoms with E-state index in [1.165, 1.54) is 0 Å². The fourth-order valence-electron chi connectivity index (χ4n) is 0.303. The fourth-order valence-corrected chi connectivity index (χ4v) is 2.08. The molecule has 0 spiro atoms. The zero-order chi connectivity index (χ0) is 5.98. The first-order chi connectivity index (χ1) is 3.83. The Hall–Kier alpha value is -0.320. The Morgan fingerprint density at radius 2 is 2.75 bits per heavy atom. The normalized spacial score (nSPS) is 25.9. The highest BCUT2D eigenvalue weighted by atomic mass is 32.7. The minimum absolute atomic E-state index is 0.388. The molecule has 0 aromatic rings. The van der Waals surface area contributed by atoms with E-state index in [-0.39, 0.29) is 0 Å². The molecule has 1 aliphatic heterocycles. The SMILES string of the molecule is C#CC1=CS[PH](=O)O1. The lowest BCUT2D eigenvalue weighted by molar-refractivity contribution is 0.461. The van der Waals surface area contributed by atoms with Gasteiger partial charge in [-0.3, -0.25) is 4.57 Å². The van der Waals surface area contributed by atoms with Crippen molar-refractivity contribution in [3.8, 4) is 12.3 Å². The van der Waals surface area contributed by atoms with Gasteiger partial charge in [0, 0.05) is 5.41 Å². The number of hydrogen-bond acceptors (Lipinski definition) is 3. The molecule has 2 nitrogen and oxygen atoms in total. The van der Waals surface area contributed by atoms with Crippen LogP contribution in [0.2, 0.25) is 0 Å². The van der Waals surface area contributed by atoms with Crippen LogP contribution in [0.1, 0.15) is 0 Å². The van der Waals surface area contributed by atoms with Gasteiger partial charge < -0.3 is 4.52 Å². The van der Waals surface area contributed by atoms with E-state index < -0.39 is 7.23 Å². The summed E-state index contributed by atoms with van der Waals surface area (Å²) in [4.78, 5) is 0. The van der Waals surface area contributed by atoms with Crippen molar-refractivity contribution in [1.29, 1.82) is 0 Å². The van der Waals surface area contributed by atoms with Crippen molar-refractivity contribution in [3.63, 3.8) is 0 Å². The van der Waals surface area contributed by atoms with Crippen LogP contribution in [0, 0.1) is 12.3 Å². The molecule has 0 radical (unpaired) electrons. The maximum absolute atomic E-state index is 10.4. The Labute approximate surface area is 51.9 Å². The molecule has 1 atom stereocenters. The van der Waals surface area contributed by atoms with Gasteiger partial charge in [-0.05, 0) is 17.3 Å². The van der Waals surface area contributed by atoms with Gasteiger partial charge in [0.2, 0.25) is 0 Å². The molecule has 0 saturated carbocycles. The molecule has 1 unspecified atom stereocenters. The van der Waals surface area contributed by atoms with Gasteiger partial charge in [-0.1, -0.05) is 0 Å². The Balaban J connectivity index is 2.66. The molecule has 1 heterocycles. The summed E-state index contributed by atoms with van der Waals surface area (Å²) in [6.07, 6.45) is 4.92. The van der Waals surface area contributed by atoms with Crippen molar-refractivity contribution in [2.75, 3.05) is 0 Å². The zero-order valence-electron chi connectivity index (χ0n) is 3.88. The molecule has 42 valence electrons. The van der Waals surface area contributed by atoms with E-state index in [0.29, 0.717) is 5.76 Å². The molecule has 0 aromatic heterocycles. The number of terminal acetylenes is 1. The van der Waals surface area contributed by atoms with Crippen LogP contribution < -0.4 is 0 Å². The summed E-state index contributed by atoms with van der Waals surface area (Å²) in [6, 6.07) is 0. The second-order valence-electron chi connectivity index (χ2n) is 1.10. The second kappa shape index (κ2) is 2.30. The van der Waals surface area contributed by atoms with Crippen LogP contribution in [0.15, 0.2) is 11.2 Å². The average Bonchev–Trinajstić information content (AvgIpc) is 2.14. The lowest BCUT2D eigenvalue weighted by Gasteiger charge is -1.88. The van der Waals surface area contributed by atoms with E-state index in [1.807, 2.05) is 0 Å². The average molecular weight is 146 g/mol. The molecule has 0 aliphatic carbocycles. The topological polar surface area (TPSA) is 26.3 Å². The van der Waals surface area contributed by atoms with Gasteiger partial charge in [-0.15, -0.1) is 6.42 Å². The number of allylic oxidation sites excluding steroid dienone is 1. The predicted molar refractivity (Wildman–Crippen MR) is 34.6 cm³/mol. The Morgan fingerprint density at radius 3 is 3.00 bits per heavy atom.